The van der Waals surface area contributed by atoms with E-state index in [-0.39, 0.29) is 5.78 Å². The van der Waals surface area contributed by atoms with Gasteiger partial charge in [0.2, 0.25) is 0 Å². The fourth-order valence-electron chi connectivity index (χ4n) is 3.44. The van der Waals surface area contributed by atoms with Crippen LogP contribution in [0.4, 0.5) is 0 Å². The van der Waals surface area contributed by atoms with Crippen LogP contribution in [-0.4, -0.2) is 53.5 Å². The first-order chi connectivity index (χ1) is 13.2. The number of Topliss-reactive ketones (excluding diaryl/α,β-unsaturated/α-hetero) is 1. The monoisotopic (exact) mass is 361 g/mol. The summed E-state index contributed by atoms with van der Waals surface area (Å²) in [5, 5.41) is 2.17. The molecule has 0 N–H and O–H groups in total. The van der Waals surface area contributed by atoms with Crippen molar-refractivity contribution in [2.45, 2.75) is 13.3 Å². The second-order valence-electron chi connectivity index (χ2n) is 7.09. The number of carbonyl (C=O) groups excluding carboxylic acids is 1. The van der Waals surface area contributed by atoms with Crippen LogP contribution in [0.25, 0.3) is 21.9 Å². The van der Waals surface area contributed by atoms with Crippen molar-refractivity contribution in [3.63, 3.8) is 0 Å². The van der Waals surface area contributed by atoms with E-state index >= 15 is 0 Å². The molecule has 0 radical (unpaired) electrons. The molecular weight excluding hydrogens is 338 g/mol. The standard InChI is InChI=1S/C22H23N3O2/c1-16-8-20(13-23-12-16)17-2-3-18-14-24-21(10-19(18)9-17)11-22(26)15-25-4-6-27-7-5-25/h2-3,8-10,12-14H,4-7,11,15H2,1H3. The molecule has 1 fully saturated rings. The maximum atomic E-state index is 12.4. The highest BCUT2D eigenvalue weighted by Crippen LogP contribution is 2.24. The van der Waals surface area contributed by atoms with Crippen molar-refractivity contribution in [2.75, 3.05) is 32.8 Å². The number of carbonyl (C=O) groups is 1. The van der Waals surface area contributed by atoms with Crippen molar-refractivity contribution >= 4 is 16.6 Å². The van der Waals surface area contributed by atoms with Crippen LogP contribution in [0.15, 0.2) is 48.9 Å². The van der Waals surface area contributed by atoms with Crippen molar-refractivity contribution in [3.05, 3.63) is 60.2 Å². The molecule has 3 heterocycles. The van der Waals surface area contributed by atoms with Gasteiger partial charge in [0.05, 0.1) is 26.2 Å². The lowest BCUT2D eigenvalue weighted by molar-refractivity contribution is -0.120. The van der Waals surface area contributed by atoms with Gasteiger partial charge in [-0.25, -0.2) is 0 Å². The van der Waals surface area contributed by atoms with Gasteiger partial charge >= 0.3 is 0 Å². The zero-order chi connectivity index (χ0) is 18.6. The van der Waals surface area contributed by atoms with E-state index in [2.05, 4.69) is 39.1 Å². The fraction of sp³-hybridized carbons (Fsp3) is 0.318. The van der Waals surface area contributed by atoms with Gasteiger partial charge in [-0.2, -0.15) is 0 Å². The molecule has 27 heavy (non-hydrogen) atoms. The molecule has 0 spiro atoms. The van der Waals surface area contributed by atoms with E-state index in [0.29, 0.717) is 26.2 Å². The van der Waals surface area contributed by atoms with Gasteiger partial charge in [0.25, 0.3) is 0 Å². The normalized spacial score (nSPS) is 15.1. The fourth-order valence-corrected chi connectivity index (χ4v) is 3.44. The zero-order valence-electron chi connectivity index (χ0n) is 15.5. The van der Waals surface area contributed by atoms with Gasteiger partial charge in [-0.1, -0.05) is 12.1 Å². The van der Waals surface area contributed by atoms with Crippen molar-refractivity contribution in [3.8, 4) is 11.1 Å². The first-order valence-corrected chi connectivity index (χ1v) is 9.30. The van der Waals surface area contributed by atoms with Crippen molar-refractivity contribution in [2.24, 2.45) is 0 Å². The van der Waals surface area contributed by atoms with E-state index in [0.717, 1.165) is 46.2 Å². The van der Waals surface area contributed by atoms with Crippen LogP contribution >= 0.6 is 0 Å². The Kier molecular flexibility index (Phi) is 5.23. The van der Waals surface area contributed by atoms with Crippen LogP contribution in [0.3, 0.4) is 0 Å². The van der Waals surface area contributed by atoms with Crippen molar-refractivity contribution in [1.29, 1.82) is 0 Å². The molecular formula is C22H23N3O2. The van der Waals surface area contributed by atoms with Crippen molar-refractivity contribution < 1.29 is 9.53 Å². The number of ether oxygens (including phenoxy) is 1. The first kappa shape index (κ1) is 17.8. The van der Waals surface area contributed by atoms with Gasteiger partial charge in [0, 0.05) is 48.3 Å². The summed E-state index contributed by atoms with van der Waals surface area (Å²) in [5.74, 6) is 0.197. The number of aromatic nitrogens is 2. The predicted octanol–water partition coefficient (Wildman–Crippen LogP) is 3.05. The molecule has 3 aromatic rings. The quantitative estimate of drug-likeness (QED) is 0.699. The smallest absolute Gasteiger partial charge is 0.152 e. The molecule has 0 aliphatic carbocycles. The number of pyridine rings is 2. The maximum Gasteiger partial charge on any atom is 0.152 e. The number of morpholine rings is 1. The third-order valence-electron chi connectivity index (χ3n) is 4.87. The Balaban J connectivity index is 1.53. The summed E-state index contributed by atoms with van der Waals surface area (Å²) >= 11 is 0. The minimum Gasteiger partial charge on any atom is -0.379 e. The largest absolute Gasteiger partial charge is 0.379 e. The molecule has 138 valence electrons. The summed E-state index contributed by atoms with van der Waals surface area (Å²) in [7, 11) is 0. The van der Waals surface area contributed by atoms with Gasteiger partial charge in [-0.05, 0) is 41.6 Å². The van der Waals surface area contributed by atoms with E-state index in [1.54, 1.807) is 0 Å². The molecule has 5 nitrogen and oxygen atoms in total. The Labute approximate surface area is 159 Å². The lowest BCUT2D eigenvalue weighted by atomic mass is 10.0. The van der Waals surface area contributed by atoms with Crippen LogP contribution in [0, 0.1) is 6.92 Å². The summed E-state index contributed by atoms with van der Waals surface area (Å²) in [5.41, 5.74) is 4.17. The maximum absolute atomic E-state index is 12.4. The lowest BCUT2D eigenvalue weighted by Gasteiger charge is -2.25. The van der Waals surface area contributed by atoms with E-state index < -0.39 is 0 Å². The molecule has 1 aromatic carbocycles. The Hall–Kier alpha value is -2.63. The number of fused-ring (bicyclic) bond motifs is 1. The SMILES string of the molecule is Cc1cncc(-c2ccc3cnc(CC(=O)CN4CCOCC4)cc3c2)c1. The minimum atomic E-state index is 0.197. The molecule has 1 saturated heterocycles. The number of ketones is 1. The van der Waals surface area contributed by atoms with E-state index in [1.165, 1.54) is 0 Å². The minimum absolute atomic E-state index is 0.197. The number of hydrogen-bond donors (Lipinski definition) is 0. The Bertz CT molecular complexity index is 965. The summed E-state index contributed by atoms with van der Waals surface area (Å²) in [4.78, 5) is 23.3. The second-order valence-corrected chi connectivity index (χ2v) is 7.09. The average molecular weight is 361 g/mol. The topological polar surface area (TPSA) is 55.3 Å². The van der Waals surface area contributed by atoms with Crippen LogP contribution in [0.2, 0.25) is 0 Å². The summed E-state index contributed by atoms with van der Waals surface area (Å²) in [6.45, 7) is 5.57. The molecule has 2 aromatic heterocycles. The molecule has 0 saturated carbocycles. The third-order valence-corrected chi connectivity index (χ3v) is 4.87. The molecule has 0 atom stereocenters. The molecule has 5 heteroatoms. The third kappa shape index (κ3) is 4.38. The molecule has 0 amide bonds. The van der Waals surface area contributed by atoms with Gasteiger partial charge in [-0.15, -0.1) is 0 Å². The van der Waals surface area contributed by atoms with Gasteiger partial charge < -0.3 is 4.74 Å². The second kappa shape index (κ2) is 7.94. The van der Waals surface area contributed by atoms with Crippen LogP contribution in [0.5, 0.6) is 0 Å². The van der Waals surface area contributed by atoms with Crippen LogP contribution in [0.1, 0.15) is 11.3 Å². The highest BCUT2D eigenvalue weighted by atomic mass is 16.5. The number of hydrogen-bond acceptors (Lipinski definition) is 5. The number of nitrogens with zero attached hydrogens (tertiary/aromatic N) is 3. The number of benzene rings is 1. The summed E-state index contributed by atoms with van der Waals surface area (Å²) < 4.78 is 5.33. The van der Waals surface area contributed by atoms with E-state index in [9.17, 15) is 4.79 Å². The van der Waals surface area contributed by atoms with Gasteiger partial charge in [0.15, 0.2) is 5.78 Å². The summed E-state index contributed by atoms with van der Waals surface area (Å²) in [6.07, 6.45) is 5.95. The number of aryl methyl sites for hydroxylation is 1. The van der Waals surface area contributed by atoms with Gasteiger partial charge in [-0.3, -0.25) is 19.7 Å². The zero-order valence-corrected chi connectivity index (χ0v) is 15.5. The molecule has 0 unspecified atom stereocenters. The van der Waals surface area contributed by atoms with Crippen LogP contribution in [-0.2, 0) is 16.0 Å². The van der Waals surface area contributed by atoms with Crippen LogP contribution < -0.4 is 0 Å². The van der Waals surface area contributed by atoms with Crippen molar-refractivity contribution in [1.82, 2.24) is 14.9 Å². The summed E-state index contributed by atoms with van der Waals surface area (Å²) in [6, 6.07) is 10.5. The molecule has 1 aliphatic rings. The highest BCUT2D eigenvalue weighted by Gasteiger charge is 2.15. The molecule has 1 aliphatic heterocycles. The van der Waals surface area contributed by atoms with E-state index in [4.69, 9.17) is 4.74 Å². The van der Waals surface area contributed by atoms with E-state index in [1.807, 2.05) is 31.6 Å². The predicted molar refractivity (Wildman–Crippen MR) is 106 cm³/mol. The lowest BCUT2D eigenvalue weighted by Crippen LogP contribution is -2.39. The first-order valence-electron chi connectivity index (χ1n) is 9.30. The Morgan fingerprint density at radius 3 is 2.70 bits per heavy atom. The highest BCUT2D eigenvalue weighted by molar-refractivity contribution is 5.88. The Morgan fingerprint density at radius 1 is 1.04 bits per heavy atom. The van der Waals surface area contributed by atoms with Gasteiger partial charge in [0.1, 0.15) is 0 Å². The average Bonchev–Trinajstić information content (AvgIpc) is 2.68. The molecule has 4 rings (SSSR count). The molecule has 0 bridgehead atoms. The number of rotatable bonds is 5. The Morgan fingerprint density at radius 2 is 1.89 bits per heavy atom.